The Labute approximate surface area is 147 Å². The highest BCUT2D eigenvalue weighted by Crippen LogP contribution is 2.39. The van der Waals surface area contributed by atoms with Gasteiger partial charge in [0, 0.05) is 28.9 Å². The molecule has 1 atom stereocenters. The maximum absolute atomic E-state index is 11.1. The molecular formula is C17H13N5O4. The van der Waals surface area contributed by atoms with Crippen LogP contribution in [-0.4, -0.2) is 27.2 Å². The van der Waals surface area contributed by atoms with Crippen LogP contribution < -0.4 is 14.8 Å². The lowest BCUT2D eigenvalue weighted by molar-refractivity contribution is -0.385. The van der Waals surface area contributed by atoms with Crippen LogP contribution in [0, 0.1) is 10.1 Å². The summed E-state index contributed by atoms with van der Waals surface area (Å²) in [7, 11) is 1.43. The van der Waals surface area contributed by atoms with Gasteiger partial charge in [-0.3, -0.25) is 10.1 Å². The van der Waals surface area contributed by atoms with E-state index >= 15 is 0 Å². The molecule has 0 aliphatic carbocycles. The van der Waals surface area contributed by atoms with Gasteiger partial charge in [0.25, 0.3) is 5.69 Å². The molecule has 1 aliphatic heterocycles. The minimum absolute atomic E-state index is 0.0240. The van der Waals surface area contributed by atoms with E-state index in [2.05, 4.69) is 20.5 Å². The van der Waals surface area contributed by atoms with Crippen molar-refractivity contribution in [2.75, 3.05) is 12.4 Å². The normalized spacial score (nSPS) is 14.9. The first-order chi connectivity index (χ1) is 12.7. The Morgan fingerprint density at radius 3 is 2.85 bits per heavy atom. The van der Waals surface area contributed by atoms with Gasteiger partial charge in [-0.1, -0.05) is 35.4 Å². The molecule has 0 saturated heterocycles. The van der Waals surface area contributed by atoms with Gasteiger partial charge in [0.05, 0.1) is 12.0 Å². The Bertz CT molecular complexity index is 994. The molecule has 0 fully saturated rings. The largest absolute Gasteiger partial charge is 0.466 e. The van der Waals surface area contributed by atoms with Gasteiger partial charge in [-0.25, -0.2) is 0 Å². The number of fused-ring (bicyclic) bond motifs is 3. The Morgan fingerprint density at radius 1 is 1.19 bits per heavy atom. The zero-order valence-corrected chi connectivity index (χ0v) is 13.6. The molecule has 2 heterocycles. The van der Waals surface area contributed by atoms with Gasteiger partial charge in [0.15, 0.2) is 11.9 Å². The van der Waals surface area contributed by atoms with E-state index in [0.29, 0.717) is 11.3 Å². The van der Waals surface area contributed by atoms with Gasteiger partial charge < -0.3 is 14.8 Å². The number of nitrogens with zero attached hydrogens (tertiary/aromatic N) is 4. The molecule has 0 radical (unpaired) electrons. The van der Waals surface area contributed by atoms with E-state index in [1.165, 1.54) is 19.2 Å². The summed E-state index contributed by atoms with van der Waals surface area (Å²) in [6.45, 7) is 0. The second-order valence-corrected chi connectivity index (χ2v) is 5.49. The van der Waals surface area contributed by atoms with Crippen molar-refractivity contribution >= 4 is 11.4 Å². The Hall–Kier alpha value is -3.75. The van der Waals surface area contributed by atoms with E-state index < -0.39 is 11.2 Å². The van der Waals surface area contributed by atoms with E-state index in [4.69, 9.17) is 9.47 Å². The average molecular weight is 351 g/mol. The molecule has 0 amide bonds. The van der Waals surface area contributed by atoms with Crippen molar-refractivity contribution in [3.8, 4) is 23.1 Å². The predicted octanol–water partition coefficient (Wildman–Crippen LogP) is 2.96. The Morgan fingerprint density at radius 2 is 2.04 bits per heavy atom. The van der Waals surface area contributed by atoms with Crippen molar-refractivity contribution in [1.82, 2.24) is 15.2 Å². The third-order valence-electron chi connectivity index (χ3n) is 3.90. The lowest BCUT2D eigenvalue weighted by atomic mass is 10.1. The van der Waals surface area contributed by atoms with Crippen molar-refractivity contribution in [3.63, 3.8) is 0 Å². The molecule has 9 nitrogen and oxygen atoms in total. The van der Waals surface area contributed by atoms with Gasteiger partial charge in [-0.05, 0) is 6.07 Å². The fraction of sp³-hybridized carbons (Fsp3) is 0.118. The van der Waals surface area contributed by atoms with E-state index in [-0.39, 0.29) is 17.6 Å². The highest BCUT2D eigenvalue weighted by Gasteiger charge is 2.26. The van der Waals surface area contributed by atoms with Crippen LogP contribution in [0.4, 0.5) is 11.4 Å². The fourth-order valence-electron chi connectivity index (χ4n) is 2.69. The number of para-hydroxylation sites is 1. The number of nitro benzene ring substituents is 1. The number of ether oxygens (including phenoxy) is 2. The van der Waals surface area contributed by atoms with Gasteiger partial charge in [0.2, 0.25) is 5.88 Å². The first-order valence-corrected chi connectivity index (χ1v) is 7.71. The molecule has 9 heteroatoms. The monoisotopic (exact) mass is 351 g/mol. The number of non-ortho nitro benzene ring substituents is 1. The topological polar surface area (TPSA) is 112 Å². The Balaban J connectivity index is 1.84. The molecule has 2 aromatic carbocycles. The Kier molecular flexibility index (Phi) is 3.81. The van der Waals surface area contributed by atoms with Gasteiger partial charge in [0.1, 0.15) is 0 Å². The molecule has 1 unspecified atom stereocenters. The number of rotatable bonds is 3. The van der Waals surface area contributed by atoms with Gasteiger partial charge >= 0.3 is 6.01 Å². The molecule has 0 saturated carbocycles. The number of benzene rings is 2. The molecule has 0 bridgehead atoms. The predicted molar refractivity (Wildman–Crippen MR) is 91.9 cm³/mol. The molecule has 1 aromatic heterocycles. The van der Waals surface area contributed by atoms with Crippen LogP contribution in [0.25, 0.3) is 11.3 Å². The maximum Gasteiger partial charge on any atom is 0.338 e. The zero-order valence-electron chi connectivity index (χ0n) is 13.6. The quantitative estimate of drug-likeness (QED) is 0.566. The lowest BCUT2D eigenvalue weighted by Crippen LogP contribution is -2.17. The summed E-state index contributed by atoms with van der Waals surface area (Å²) in [6, 6.07) is 13.8. The number of methoxy groups -OCH3 is 1. The number of aromatic nitrogens is 3. The van der Waals surface area contributed by atoms with Crippen LogP contribution in [0.15, 0.2) is 48.5 Å². The minimum Gasteiger partial charge on any atom is -0.466 e. The van der Waals surface area contributed by atoms with Crippen LogP contribution in [0.1, 0.15) is 11.8 Å². The number of nitro groups is 1. The standard InChI is InChI=1S/C17H13N5O4/c1-25-17-19-16-14(20-21-17)12-7-2-3-8-13(12)18-15(26-16)10-5-4-6-11(9-10)22(23)24/h2-9,15,18H,1H3. The van der Waals surface area contributed by atoms with Crippen molar-refractivity contribution in [3.05, 3.63) is 64.2 Å². The van der Waals surface area contributed by atoms with Crippen LogP contribution in [0.5, 0.6) is 11.9 Å². The van der Waals surface area contributed by atoms with E-state index in [1.54, 1.807) is 12.1 Å². The molecule has 130 valence electrons. The summed E-state index contributed by atoms with van der Waals surface area (Å²) < 4.78 is 11.0. The lowest BCUT2D eigenvalue weighted by Gasteiger charge is -2.19. The zero-order chi connectivity index (χ0) is 18.1. The molecule has 3 aromatic rings. The summed E-state index contributed by atoms with van der Waals surface area (Å²) in [5, 5.41) is 22.4. The third-order valence-corrected chi connectivity index (χ3v) is 3.90. The summed E-state index contributed by atoms with van der Waals surface area (Å²) in [5.74, 6) is 0.228. The van der Waals surface area contributed by atoms with Crippen molar-refractivity contribution in [2.45, 2.75) is 6.23 Å². The van der Waals surface area contributed by atoms with Gasteiger partial charge in [-0.15, -0.1) is 5.10 Å². The number of anilines is 1. The molecule has 1 N–H and O–H groups in total. The second kappa shape index (κ2) is 6.28. The highest BCUT2D eigenvalue weighted by molar-refractivity contribution is 5.79. The molecule has 4 rings (SSSR count). The van der Waals surface area contributed by atoms with E-state index in [0.717, 1.165) is 11.3 Å². The minimum atomic E-state index is -0.696. The van der Waals surface area contributed by atoms with Gasteiger partial charge in [-0.2, -0.15) is 4.98 Å². The smallest absolute Gasteiger partial charge is 0.338 e. The van der Waals surface area contributed by atoms with Crippen molar-refractivity contribution in [2.24, 2.45) is 0 Å². The third kappa shape index (κ3) is 2.75. The average Bonchev–Trinajstić information content (AvgIpc) is 2.84. The summed E-state index contributed by atoms with van der Waals surface area (Å²) in [4.78, 5) is 14.9. The second-order valence-electron chi connectivity index (χ2n) is 5.49. The number of hydrogen-bond donors (Lipinski definition) is 1. The van der Waals surface area contributed by atoms with Crippen LogP contribution in [-0.2, 0) is 0 Å². The van der Waals surface area contributed by atoms with Crippen molar-refractivity contribution < 1.29 is 14.4 Å². The summed E-state index contributed by atoms with van der Waals surface area (Å²) in [6.07, 6.45) is -0.696. The first kappa shape index (κ1) is 15.8. The summed E-state index contributed by atoms with van der Waals surface area (Å²) in [5.41, 5.74) is 2.53. The molecule has 0 spiro atoms. The molecule has 26 heavy (non-hydrogen) atoms. The molecular weight excluding hydrogens is 338 g/mol. The molecule has 1 aliphatic rings. The van der Waals surface area contributed by atoms with Crippen LogP contribution in [0.2, 0.25) is 0 Å². The highest BCUT2D eigenvalue weighted by atomic mass is 16.6. The number of hydrogen-bond acceptors (Lipinski definition) is 8. The van der Waals surface area contributed by atoms with E-state index in [1.807, 2.05) is 24.3 Å². The van der Waals surface area contributed by atoms with Crippen LogP contribution >= 0.6 is 0 Å². The number of nitrogens with one attached hydrogen (secondary N) is 1. The van der Waals surface area contributed by atoms with Crippen molar-refractivity contribution in [1.29, 1.82) is 0 Å². The SMILES string of the molecule is COc1nnc2c(n1)OC(c1cccc([N+](=O)[O-])c1)Nc1ccccc1-2. The summed E-state index contributed by atoms with van der Waals surface area (Å²) >= 11 is 0. The fourth-order valence-corrected chi connectivity index (χ4v) is 2.69. The van der Waals surface area contributed by atoms with Crippen LogP contribution in [0.3, 0.4) is 0 Å². The van der Waals surface area contributed by atoms with E-state index in [9.17, 15) is 10.1 Å². The first-order valence-electron chi connectivity index (χ1n) is 7.71. The maximum atomic E-state index is 11.1.